The van der Waals surface area contributed by atoms with Gasteiger partial charge in [-0.15, -0.1) is 0 Å². The van der Waals surface area contributed by atoms with Crippen molar-refractivity contribution in [1.82, 2.24) is 9.88 Å². The first-order valence-electron chi connectivity index (χ1n) is 8.98. The van der Waals surface area contributed by atoms with Gasteiger partial charge in [0.2, 0.25) is 5.88 Å². The summed E-state index contributed by atoms with van der Waals surface area (Å²) in [4.78, 5) is 18.1. The van der Waals surface area contributed by atoms with Gasteiger partial charge >= 0.3 is 6.18 Å². The zero-order valence-electron chi connectivity index (χ0n) is 15.6. The SMILES string of the molecule is CC(C)Oc1ccc(C(=O)N2CCC(Oc3cc(C(F)(F)F)ccn3)C2)cc1. The van der Waals surface area contributed by atoms with E-state index in [-0.39, 0.29) is 17.9 Å². The molecule has 1 aliphatic heterocycles. The van der Waals surface area contributed by atoms with Crippen molar-refractivity contribution in [2.45, 2.75) is 38.7 Å². The van der Waals surface area contributed by atoms with E-state index in [0.29, 0.717) is 30.8 Å². The van der Waals surface area contributed by atoms with Gasteiger partial charge in [-0.1, -0.05) is 0 Å². The van der Waals surface area contributed by atoms with E-state index in [1.54, 1.807) is 29.2 Å². The number of hydrogen-bond donors (Lipinski definition) is 0. The second-order valence-electron chi connectivity index (χ2n) is 6.85. The molecule has 0 saturated carbocycles. The van der Waals surface area contributed by atoms with E-state index >= 15 is 0 Å². The number of rotatable bonds is 5. The fraction of sp³-hybridized carbons (Fsp3) is 0.400. The number of likely N-dealkylation sites (tertiary alicyclic amines) is 1. The highest BCUT2D eigenvalue weighted by atomic mass is 19.4. The topological polar surface area (TPSA) is 51.7 Å². The molecule has 0 N–H and O–H groups in total. The maximum absolute atomic E-state index is 12.8. The Morgan fingerprint density at radius 1 is 1.21 bits per heavy atom. The van der Waals surface area contributed by atoms with Crippen molar-refractivity contribution in [3.63, 3.8) is 0 Å². The summed E-state index contributed by atoms with van der Waals surface area (Å²) in [6.07, 6.45) is -3.22. The van der Waals surface area contributed by atoms with E-state index in [2.05, 4.69) is 4.98 Å². The minimum Gasteiger partial charge on any atom is -0.491 e. The lowest BCUT2D eigenvalue weighted by Gasteiger charge is -2.18. The molecule has 1 aromatic carbocycles. The molecule has 28 heavy (non-hydrogen) atoms. The highest BCUT2D eigenvalue weighted by Gasteiger charge is 2.32. The molecule has 3 rings (SSSR count). The number of benzene rings is 1. The first-order valence-corrected chi connectivity index (χ1v) is 8.98. The van der Waals surface area contributed by atoms with Crippen LogP contribution in [-0.2, 0) is 6.18 Å². The van der Waals surface area contributed by atoms with Crippen molar-refractivity contribution in [3.05, 3.63) is 53.7 Å². The lowest BCUT2D eigenvalue weighted by atomic mass is 10.2. The Labute approximate surface area is 161 Å². The fourth-order valence-electron chi connectivity index (χ4n) is 2.96. The molecule has 0 aliphatic carbocycles. The molecular formula is C20H21F3N2O3. The van der Waals surface area contributed by atoms with Crippen molar-refractivity contribution in [1.29, 1.82) is 0 Å². The van der Waals surface area contributed by atoms with Gasteiger partial charge in [-0.2, -0.15) is 13.2 Å². The average molecular weight is 394 g/mol. The van der Waals surface area contributed by atoms with Gasteiger partial charge in [0.25, 0.3) is 5.91 Å². The highest BCUT2D eigenvalue weighted by Crippen LogP contribution is 2.31. The standard InChI is InChI=1S/C20H21F3N2O3/c1-13(2)27-16-5-3-14(4-6-16)19(26)25-10-8-17(12-25)28-18-11-15(7-9-24-18)20(21,22)23/h3-7,9,11,13,17H,8,10,12H2,1-2H3. The van der Waals surface area contributed by atoms with Crippen LogP contribution in [0.4, 0.5) is 13.2 Å². The summed E-state index contributed by atoms with van der Waals surface area (Å²) >= 11 is 0. The predicted molar refractivity (Wildman–Crippen MR) is 96.4 cm³/mol. The predicted octanol–water partition coefficient (Wildman–Crippen LogP) is 4.18. The van der Waals surface area contributed by atoms with Crippen molar-refractivity contribution in [2.24, 2.45) is 0 Å². The Hall–Kier alpha value is -2.77. The molecule has 5 nitrogen and oxygen atoms in total. The zero-order valence-corrected chi connectivity index (χ0v) is 15.6. The maximum Gasteiger partial charge on any atom is 0.416 e. The van der Waals surface area contributed by atoms with Gasteiger partial charge in [-0.25, -0.2) is 4.98 Å². The maximum atomic E-state index is 12.8. The van der Waals surface area contributed by atoms with Crippen LogP contribution in [0.3, 0.4) is 0 Å². The number of alkyl halides is 3. The summed E-state index contributed by atoms with van der Waals surface area (Å²) in [6, 6.07) is 8.64. The third-order valence-electron chi connectivity index (χ3n) is 4.25. The molecule has 0 bridgehead atoms. The number of hydrogen-bond acceptors (Lipinski definition) is 4. The molecule has 2 heterocycles. The van der Waals surface area contributed by atoms with Crippen LogP contribution >= 0.6 is 0 Å². The molecule has 1 amide bonds. The van der Waals surface area contributed by atoms with Crippen LogP contribution in [0.1, 0.15) is 36.2 Å². The Bertz CT molecular complexity index is 822. The summed E-state index contributed by atoms with van der Waals surface area (Å²) in [5, 5.41) is 0. The number of nitrogens with zero attached hydrogens (tertiary/aromatic N) is 2. The van der Waals surface area contributed by atoms with Crippen molar-refractivity contribution in [2.75, 3.05) is 13.1 Å². The highest BCUT2D eigenvalue weighted by molar-refractivity contribution is 5.94. The van der Waals surface area contributed by atoms with Crippen molar-refractivity contribution >= 4 is 5.91 Å². The molecular weight excluding hydrogens is 373 g/mol. The van der Waals surface area contributed by atoms with Gasteiger partial charge in [0, 0.05) is 30.8 Å². The summed E-state index contributed by atoms with van der Waals surface area (Å²) < 4.78 is 49.5. The number of pyridine rings is 1. The fourth-order valence-corrected chi connectivity index (χ4v) is 2.96. The molecule has 150 valence electrons. The van der Waals surface area contributed by atoms with Crippen LogP contribution in [0, 0.1) is 0 Å². The second-order valence-corrected chi connectivity index (χ2v) is 6.85. The smallest absolute Gasteiger partial charge is 0.416 e. The third kappa shape index (κ3) is 4.94. The van der Waals surface area contributed by atoms with Gasteiger partial charge in [0.1, 0.15) is 11.9 Å². The molecule has 8 heteroatoms. The van der Waals surface area contributed by atoms with E-state index in [0.717, 1.165) is 18.3 Å². The van der Waals surface area contributed by atoms with Crippen LogP contribution in [0.25, 0.3) is 0 Å². The summed E-state index contributed by atoms with van der Waals surface area (Å²) in [6.45, 7) is 4.60. The zero-order chi connectivity index (χ0) is 20.3. The lowest BCUT2D eigenvalue weighted by Crippen LogP contribution is -2.31. The number of amides is 1. The summed E-state index contributed by atoms with van der Waals surface area (Å²) in [5.41, 5.74) is -0.291. The quantitative estimate of drug-likeness (QED) is 0.764. The molecule has 0 radical (unpaired) electrons. The Kier molecular flexibility index (Phi) is 5.76. The number of carbonyl (C=O) groups is 1. The molecule has 1 saturated heterocycles. The van der Waals surface area contributed by atoms with Gasteiger partial charge < -0.3 is 14.4 Å². The van der Waals surface area contributed by atoms with Crippen LogP contribution in [-0.4, -0.2) is 41.1 Å². The molecule has 1 atom stereocenters. The molecule has 0 spiro atoms. The molecule has 1 aliphatic rings. The normalized spacial score (nSPS) is 17.1. The molecule has 1 fully saturated rings. The average Bonchev–Trinajstić information content (AvgIpc) is 3.09. The first kappa shape index (κ1) is 20.0. The minimum absolute atomic E-state index is 0.0440. The van der Waals surface area contributed by atoms with Crippen LogP contribution in [0.2, 0.25) is 0 Å². The monoisotopic (exact) mass is 394 g/mol. The van der Waals surface area contributed by atoms with Crippen LogP contribution < -0.4 is 9.47 Å². The van der Waals surface area contributed by atoms with E-state index < -0.39 is 17.8 Å². The number of carbonyl (C=O) groups excluding carboxylic acids is 1. The lowest BCUT2D eigenvalue weighted by molar-refractivity contribution is -0.137. The van der Waals surface area contributed by atoms with Gasteiger partial charge in [0.05, 0.1) is 18.2 Å². The number of ether oxygens (including phenoxy) is 2. The van der Waals surface area contributed by atoms with Gasteiger partial charge in [-0.3, -0.25) is 4.79 Å². The largest absolute Gasteiger partial charge is 0.491 e. The van der Waals surface area contributed by atoms with Gasteiger partial charge in [-0.05, 0) is 44.2 Å². The Morgan fingerprint density at radius 2 is 1.93 bits per heavy atom. The van der Waals surface area contributed by atoms with Crippen LogP contribution in [0.5, 0.6) is 11.6 Å². The van der Waals surface area contributed by atoms with E-state index in [4.69, 9.17) is 9.47 Å². The molecule has 1 unspecified atom stereocenters. The number of halogens is 3. The Balaban J connectivity index is 1.60. The van der Waals surface area contributed by atoms with Gasteiger partial charge in [0.15, 0.2) is 0 Å². The molecule has 2 aromatic rings. The Morgan fingerprint density at radius 3 is 2.57 bits per heavy atom. The van der Waals surface area contributed by atoms with Crippen LogP contribution in [0.15, 0.2) is 42.6 Å². The van der Waals surface area contributed by atoms with E-state index in [1.807, 2.05) is 13.8 Å². The first-order chi connectivity index (χ1) is 13.2. The summed E-state index contributed by atoms with van der Waals surface area (Å²) in [7, 11) is 0. The molecule has 1 aromatic heterocycles. The van der Waals surface area contributed by atoms with E-state index in [9.17, 15) is 18.0 Å². The summed E-state index contributed by atoms with van der Waals surface area (Å²) in [5.74, 6) is 0.438. The minimum atomic E-state index is -4.45. The number of aromatic nitrogens is 1. The van der Waals surface area contributed by atoms with Crippen molar-refractivity contribution in [3.8, 4) is 11.6 Å². The van der Waals surface area contributed by atoms with Crippen molar-refractivity contribution < 1.29 is 27.4 Å². The van der Waals surface area contributed by atoms with E-state index in [1.165, 1.54) is 0 Å². The third-order valence-corrected chi connectivity index (χ3v) is 4.25. The second kappa shape index (κ2) is 8.08.